The molecule has 0 fully saturated rings. The molecule has 0 amide bonds. The Morgan fingerprint density at radius 1 is 0.391 bits per heavy atom. The van der Waals surface area contributed by atoms with Gasteiger partial charge >= 0.3 is 0 Å². The zero-order valence-electron chi connectivity index (χ0n) is 35.1. The molecule has 0 saturated carbocycles. The van der Waals surface area contributed by atoms with Crippen molar-refractivity contribution in [3.8, 4) is 22.6 Å². The van der Waals surface area contributed by atoms with Gasteiger partial charge in [0.25, 0.3) is 0 Å². The van der Waals surface area contributed by atoms with Gasteiger partial charge in [0.1, 0.15) is 27.8 Å². The molecule has 0 unspecified atom stereocenters. The van der Waals surface area contributed by atoms with Gasteiger partial charge in [-0.1, -0.05) is 123 Å². The van der Waals surface area contributed by atoms with Crippen molar-refractivity contribution in [2.45, 2.75) is 19.3 Å². The molecule has 64 heavy (non-hydrogen) atoms. The van der Waals surface area contributed by atoms with E-state index in [4.69, 9.17) is 18.2 Å². The first kappa shape index (κ1) is 36.3. The van der Waals surface area contributed by atoms with Crippen molar-refractivity contribution in [2.24, 2.45) is 0 Å². The third-order valence-electron chi connectivity index (χ3n) is 13.1. The molecule has 9 aromatic carbocycles. The number of furan rings is 2. The van der Waals surface area contributed by atoms with E-state index in [-0.39, 0.29) is 5.41 Å². The van der Waals surface area contributed by atoms with Crippen LogP contribution in [0.4, 0.5) is 34.1 Å². The molecular formula is C58H39N3O3. The maximum atomic E-state index is 7.14. The van der Waals surface area contributed by atoms with Crippen LogP contribution in [0.3, 0.4) is 0 Å². The second-order valence-electron chi connectivity index (χ2n) is 17.1. The lowest BCUT2D eigenvalue weighted by molar-refractivity contribution is 0.620. The zero-order valence-corrected chi connectivity index (χ0v) is 35.1. The highest BCUT2D eigenvalue weighted by Gasteiger charge is 2.36. The van der Waals surface area contributed by atoms with Crippen molar-refractivity contribution in [1.29, 1.82) is 0 Å². The molecule has 13 rings (SSSR count). The van der Waals surface area contributed by atoms with Crippen molar-refractivity contribution in [3.05, 3.63) is 211 Å². The van der Waals surface area contributed by atoms with Crippen LogP contribution in [0, 0.1) is 0 Å². The molecule has 1 aliphatic rings. The highest BCUT2D eigenvalue weighted by atomic mass is 16.4. The fourth-order valence-corrected chi connectivity index (χ4v) is 10.1. The predicted octanol–water partition coefficient (Wildman–Crippen LogP) is 16.5. The average molecular weight is 826 g/mol. The van der Waals surface area contributed by atoms with Gasteiger partial charge in [0, 0.05) is 55.3 Å². The summed E-state index contributed by atoms with van der Waals surface area (Å²) in [6.45, 7) is 4.65. The Bertz CT molecular complexity index is 3790. The van der Waals surface area contributed by atoms with Gasteiger partial charge in [-0.3, -0.25) is 0 Å². The number of rotatable bonds is 7. The Labute approximate surface area is 368 Å². The Kier molecular flexibility index (Phi) is 7.85. The summed E-state index contributed by atoms with van der Waals surface area (Å²) in [5, 5.41) is 4.11. The number of aromatic nitrogens is 1. The van der Waals surface area contributed by atoms with E-state index >= 15 is 0 Å². The van der Waals surface area contributed by atoms with E-state index in [1.165, 1.54) is 22.3 Å². The lowest BCUT2D eigenvalue weighted by atomic mass is 9.82. The summed E-state index contributed by atoms with van der Waals surface area (Å²) < 4.78 is 19.8. The molecule has 0 aliphatic heterocycles. The van der Waals surface area contributed by atoms with Crippen molar-refractivity contribution in [3.63, 3.8) is 0 Å². The Morgan fingerprint density at radius 2 is 0.984 bits per heavy atom. The van der Waals surface area contributed by atoms with Crippen LogP contribution in [0.5, 0.6) is 0 Å². The molecule has 0 atom stereocenters. The summed E-state index contributed by atoms with van der Waals surface area (Å²) in [6, 6.07) is 70.0. The highest BCUT2D eigenvalue weighted by Crippen LogP contribution is 2.52. The fourth-order valence-electron chi connectivity index (χ4n) is 10.1. The minimum Gasteiger partial charge on any atom is -0.456 e. The van der Waals surface area contributed by atoms with Crippen LogP contribution in [-0.4, -0.2) is 4.98 Å². The van der Waals surface area contributed by atoms with Gasteiger partial charge in [-0.25, -0.2) is 4.98 Å². The zero-order chi connectivity index (χ0) is 42.5. The minimum absolute atomic E-state index is 0.201. The summed E-state index contributed by atoms with van der Waals surface area (Å²) in [7, 11) is 0. The molecular weight excluding hydrogens is 787 g/mol. The smallest absolute Gasteiger partial charge is 0.228 e. The number of hydrogen-bond donors (Lipinski definition) is 0. The minimum atomic E-state index is -0.201. The second kappa shape index (κ2) is 13.8. The van der Waals surface area contributed by atoms with Crippen molar-refractivity contribution in [1.82, 2.24) is 4.98 Å². The van der Waals surface area contributed by atoms with Crippen LogP contribution in [0.25, 0.3) is 77.6 Å². The monoisotopic (exact) mass is 825 g/mol. The first-order chi connectivity index (χ1) is 31.5. The topological polar surface area (TPSA) is 58.8 Å². The van der Waals surface area contributed by atoms with Gasteiger partial charge in [0.05, 0.1) is 11.4 Å². The molecule has 1 aliphatic carbocycles. The summed E-state index contributed by atoms with van der Waals surface area (Å²) in [5.74, 6) is 0.515. The van der Waals surface area contributed by atoms with Gasteiger partial charge < -0.3 is 23.1 Å². The lowest BCUT2D eigenvalue weighted by Crippen LogP contribution is -2.17. The largest absolute Gasteiger partial charge is 0.456 e. The fraction of sp³-hybridized carbons (Fsp3) is 0.0517. The number of hydrogen-bond acceptors (Lipinski definition) is 6. The second-order valence-corrected chi connectivity index (χ2v) is 17.1. The first-order valence-electron chi connectivity index (χ1n) is 21.7. The molecule has 12 aromatic rings. The maximum absolute atomic E-state index is 7.14. The number of fused-ring (bicyclic) bond motifs is 10. The number of benzene rings is 9. The molecule has 304 valence electrons. The number of oxazole rings is 1. The Morgan fingerprint density at radius 3 is 1.80 bits per heavy atom. The molecule has 0 saturated heterocycles. The van der Waals surface area contributed by atoms with Crippen molar-refractivity contribution < 1.29 is 13.3 Å². The number of para-hydroxylation sites is 4. The molecule has 3 aromatic heterocycles. The van der Waals surface area contributed by atoms with Crippen LogP contribution in [0.2, 0.25) is 0 Å². The summed E-state index contributed by atoms with van der Waals surface area (Å²) in [5.41, 5.74) is 16.3. The Hall–Kier alpha value is -8.35. The van der Waals surface area contributed by atoms with Gasteiger partial charge in [-0.2, -0.15) is 0 Å². The van der Waals surface area contributed by atoms with Crippen LogP contribution >= 0.6 is 0 Å². The molecule has 0 radical (unpaired) electrons. The predicted molar refractivity (Wildman–Crippen MR) is 261 cm³/mol. The van der Waals surface area contributed by atoms with Gasteiger partial charge in [0.15, 0.2) is 5.58 Å². The van der Waals surface area contributed by atoms with Gasteiger partial charge in [0.2, 0.25) is 5.89 Å². The molecule has 6 heteroatoms. The van der Waals surface area contributed by atoms with E-state index in [0.29, 0.717) is 11.5 Å². The van der Waals surface area contributed by atoms with E-state index < -0.39 is 0 Å². The molecule has 6 nitrogen and oxygen atoms in total. The van der Waals surface area contributed by atoms with E-state index in [0.717, 1.165) is 89.1 Å². The quantitative estimate of drug-likeness (QED) is 0.160. The normalized spacial score (nSPS) is 13.0. The van der Waals surface area contributed by atoms with E-state index in [1.807, 2.05) is 42.5 Å². The van der Waals surface area contributed by atoms with Gasteiger partial charge in [-0.15, -0.1) is 0 Å². The third-order valence-corrected chi connectivity index (χ3v) is 13.1. The molecule has 3 heterocycles. The standard InChI is InChI=1S/C58H39N3O3/c1-58(2)47-24-12-9-20-41(47)42-30-28-39(33-48(42)58)61(37-18-7-4-8-19-37)50-35-40(34-49-56(50)64-57(59-49)45-23-15-27-54-55(45)44-22-11-14-26-52(44)63-54)60(36-16-5-3-6-17-36)38-29-31-53-46(32-38)43-21-10-13-25-51(43)62-53/h3-35H,1-2H3. The number of anilines is 6. The third kappa shape index (κ3) is 5.49. The van der Waals surface area contributed by atoms with E-state index in [9.17, 15) is 0 Å². The molecule has 0 bridgehead atoms. The summed E-state index contributed by atoms with van der Waals surface area (Å²) >= 11 is 0. The van der Waals surface area contributed by atoms with E-state index in [1.54, 1.807) is 0 Å². The highest BCUT2D eigenvalue weighted by molar-refractivity contribution is 6.12. The van der Waals surface area contributed by atoms with Crippen LogP contribution in [0.15, 0.2) is 213 Å². The maximum Gasteiger partial charge on any atom is 0.228 e. The van der Waals surface area contributed by atoms with Gasteiger partial charge in [-0.05, 0) is 113 Å². The molecule has 0 spiro atoms. The van der Waals surface area contributed by atoms with Crippen molar-refractivity contribution in [2.75, 3.05) is 9.80 Å². The summed E-state index contributed by atoms with van der Waals surface area (Å²) in [4.78, 5) is 10.0. The SMILES string of the molecule is CC1(C)c2ccccc2-c2ccc(N(c3ccccc3)c3cc(N(c4ccccc4)c4ccc5oc6ccccc6c5c4)cc4nc(-c5cccc6oc7ccccc7c56)oc34)cc21. The van der Waals surface area contributed by atoms with Crippen LogP contribution in [-0.2, 0) is 5.41 Å². The first-order valence-corrected chi connectivity index (χ1v) is 21.7. The molecule has 0 N–H and O–H groups in total. The Balaban J connectivity index is 1.09. The van der Waals surface area contributed by atoms with Crippen LogP contribution < -0.4 is 9.80 Å². The van der Waals surface area contributed by atoms with E-state index in [2.05, 4.69) is 181 Å². The number of nitrogens with zero attached hydrogens (tertiary/aromatic N) is 3. The lowest BCUT2D eigenvalue weighted by Gasteiger charge is -2.30. The summed E-state index contributed by atoms with van der Waals surface area (Å²) in [6.07, 6.45) is 0. The van der Waals surface area contributed by atoms with Crippen molar-refractivity contribution >= 4 is 89.1 Å². The average Bonchev–Trinajstić information content (AvgIpc) is 4.10. The van der Waals surface area contributed by atoms with Crippen LogP contribution in [0.1, 0.15) is 25.0 Å².